The van der Waals surface area contributed by atoms with Crippen LogP contribution in [0.5, 0.6) is 0 Å². The molecule has 0 spiro atoms. The molecule has 1 aromatic heterocycles. The summed E-state index contributed by atoms with van der Waals surface area (Å²) in [4.78, 5) is 4.60. The van der Waals surface area contributed by atoms with Crippen LogP contribution in [0.3, 0.4) is 0 Å². The van der Waals surface area contributed by atoms with Crippen LogP contribution in [0, 0.1) is 13.8 Å². The molecule has 90 valence electrons. The van der Waals surface area contributed by atoms with Crippen LogP contribution >= 0.6 is 0 Å². The molecule has 1 heterocycles. The van der Waals surface area contributed by atoms with Gasteiger partial charge in [0.25, 0.3) is 0 Å². The van der Waals surface area contributed by atoms with Crippen molar-refractivity contribution in [3.63, 3.8) is 0 Å². The number of fused-ring (bicyclic) bond motifs is 1. The average molecular weight is 229 g/mol. The second-order valence-corrected chi connectivity index (χ2v) is 4.49. The highest BCUT2D eigenvalue weighted by atomic mass is 14.9. The molecule has 1 atom stereocenters. The van der Waals surface area contributed by atoms with E-state index in [2.05, 4.69) is 41.5 Å². The summed E-state index contributed by atoms with van der Waals surface area (Å²) in [6, 6.07) is 8.33. The average Bonchev–Trinajstić information content (AvgIpc) is 2.30. The van der Waals surface area contributed by atoms with Crippen molar-refractivity contribution >= 4 is 10.9 Å². The molecule has 0 bridgehead atoms. The highest BCUT2D eigenvalue weighted by molar-refractivity contribution is 5.85. The standard InChI is InChI=1S/C14H19N3/c1-9-5-4-6-11-12(13(15)8-16-3)7-10(2)17-14(9)11/h4-7,13,16H,8,15H2,1-3H3. The van der Waals surface area contributed by atoms with Crippen LogP contribution in [0.1, 0.15) is 22.9 Å². The number of para-hydroxylation sites is 1. The zero-order valence-electron chi connectivity index (χ0n) is 10.6. The van der Waals surface area contributed by atoms with Crippen LogP contribution in [0.2, 0.25) is 0 Å². The lowest BCUT2D eigenvalue weighted by Gasteiger charge is -2.15. The molecule has 2 aromatic rings. The van der Waals surface area contributed by atoms with Crippen LogP contribution in [-0.2, 0) is 0 Å². The Morgan fingerprint density at radius 3 is 2.82 bits per heavy atom. The lowest BCUT2D eigenvalue weighted by atomic mass is 9.99. The quantitative estimate of drug-likeness (QED) is 0.847. The summed E-state index contributed by atoms with van der Waals surface area (Å²) in [5, 5.41) is 4.28. The van der Waals surface area contributed by atoms with E-state index >= 15 is 0 Å². The molecule has 3 nitrogen and oxygen atoms in total. The van der Waals surface area contributed by atoms with Gasteiger partial charge in [0.15, 0.2) is 0 Å². The molecule has 0 saturated carbocycles. The van der Waals surface area contributed by atoms with Crippen molar-refractivity contribution in [2.24, 2.45) is 5.73 Å². The van der Waals surface area contributed by atoms with Gasteiger partial charge in [0.05, 0.1) is 5.52 Å². The molecule has 0 fully saturated rings. The molecule has 0 amide bonds. The zero-order chi connectivity index (χ0) is 12.4. The number of nitrogens with two attached hydrogens (primary N) is 1. The van der Waals surface area contributed by atoms with Crippen molar-refractivity contribution in [1.82, 2.24) is 10.3 Å². The molecule has 1 aromatic carbocycles. The summed E-state index contributed by atoms with van der Waals surface area (Å²) in [5.41, 5.74) is 10.7. The molecule has 17 heavy (non-hydrogen) atoms. The number of nitrogens with one attached hydrogen (secondary N) is 1. The molecule has 0 saturated heterocycles. The summed E-state index contributed by atoms with van der Waals surface area (Å²) in [6.07, 6.45) is 0. The summed E-state index contributed by atoms with van der Waals surface area (Å²) >= 11 is 0. The molecule has 3 heteroatoms. The Kier molecular flexibility index (Phi) is 3.41. The van der Waals surface area contributed by atoms with Crippen LogP contribution in [-0.4, -0.2) is 18.6 Å². The molecule has 0 aliphatic rings. The van der Waals surface area contributed by atoms with Gasteiger partial charge in [-0.25, -0.2) is 0 Å². The Morgan fingerprint density at radius 1 is 1.35 bits per heavy atom. The third kappa shape index (κ3) is 2.30. The van der Waals surface area contributed by atoms with Gasteiger partial charge in [-0.15, -0.1) is 0 Å². The highest BCUT2D eigenvalue weighted by Crippen LogP contribution is 2.24. The minimum Gasteiger partial charge on any atom is -0.323 e. The van der Waals surface area contributed by atoms with Crippen molar-refractivity contribution in [2.45, 2.75) is 19.9 Å². The van der Waals surface area contributed by atoms with E-state index in [1.807, 2.05) is 14.0 Å². The van der Waals surface area contributed by atoms with E-state index in [0.29, 0.717) is 0 Å². The number of rotatable bonds is 3. The van der Waals surface area contributed by atoms with Crippen LogP contribution in [0.4, 0.5) is 0 Å². The fraction of sp³-hybridized carbons (Fsp3) is 0.357. The summed E-state index contributed by atoms with van der Waals surface area (Å²) < 4.78 is 0. The van der Waals surface area contributed by atoms with Gasteiger partial charge in [0, 0.05) is 23.7 Å². The smallest absolute Gasteiger partial charge is 0.0737 e. The first-order chi connectivity index (χ1) is 8.13. The number of nitrogens with zero attached hydrogens (tertiary/aromatic N) is 1. The monoisotopic (exact) mass is 229 g/mol. The Hall–Kier alpha value is -1.45. The number of benzene rings is 1. The number of likely N-dealkylation sites (N-methyl/N-ethyl adjacent to an activating group) is 1. The third-order valence-electron chi connectivity index (χ3n) is 3.02. The zero-order valence-corrected chi connectivity index (χ0v) is 10.6. The predicted molar refractivity (Wildman–Crippen MR) is 72.1 cm³/mol. The number of aryl methyl sites for hydroxylation is 2. The van der Waals surface area contributed by atoms with Crippen LogP contribution in [0.25, 0.3) is 10.9 Å². The first kappa shape index (κ1) is 12.0. The maximum absolute atomic E-state index is 6.20. The number of aromatic nitrogens is 1. The Labute approximate surface area is 102 Å². The maximum Gasteiger partial charge on any atom is 0.0737 e. The van der Waals surface area contributed by atoms with E-state index in [0.717, 1.165) is 17.8 Å². The molecule has 0 aliphatic heterocycles. The second-order valence-electron chi connectivity index (χ2n) is 4.49. The number of pyridine rings is 1. The molecule has 0 aliphatic carbocycles. The van der Waals surface area contributed by atoms with Gasteiger partial charge in [-0.1, -0.05) is 18.2 Å². The summed E-state index contributed by atoms with van der Waals surface area (Å²) in [6.45, 7) is 4.87. The van der Waals surface area contributed by atoms with E-state index < -0.39 is 0 Å². The van der Waals surface area contributed by atoms with E-state index in [1.54, 1.807) is 0 Å². The van der Waals surface area contributed by atoms with E-state index in [9.17, 15) is 0 Å². The van der Waals surface area contributed by atoms with Crippen molar-refractivity contribution in [3.8, 4) is 0 Å². The fourth-order valence-electron chi connectivity index (χ4n) is 2.19. The van der Waals surface area contributed by atoms with Crippen molar-refractivity contribution in [3.05, 3.63) is 41.1 Å². The van der Waals surface area contributed by atoms with Gasteiger partial charge >= 0.3 is 0 Å². The van der Waals surface area contributed by atoms with Gasteiger partial charge in [0.2, 0.25) is 0 Å². The van der Waals surface area contributed by atoms with Crippen molar-refractivity contribution < 1.29 is 0 Å². The topological polar surface area (TPSA) is 50.9 Å². The predicted octanol–water partition coefficient (Wildman–Crippen LogP) is 2.07. The van der Waals surface area contributed by atoms with Crippen molar-refractivity contribution in [2.75, 3.05) is 13.6 Å². The van der Waals surface area contributed by atoms with Crippen molar-refractivity contribution in [1.29, 1.82) is 0 Å². The van der Waals surface area contributed by atoms with E-state index in [1.165, 1.54) is 16.5 Å². The van der Waals surface area contributed by atoms with Gasteiger partial charge in [-0.2, -0.15) is 0 Å². The molecule has 2 rings (SSSR count). The molecule has 3 N–H and O–H groups in total. The van der Waals surface area contributed by atoms with E-state index in [4.69, 9.17) is 5.73 Å². The first-order valence-corrected chi connectivity index (χ1v) is 5.90. The number of hydrogen-bond donors (Lipinski definition) is 2. The largest absolute Gasteiger partial charge is 0.323 e. The first-order valence-electron chi connectivity index (χ1n) is 5.90. The minimum absolute atomic E-state index is 0.00556. The van der Waals surface area contributed by atoms with Gasteiger partial charge < -0.3 is 11.1 Å². The third-order valence-corrected chi connectivity index (χ3v) is 3.02. The number of hydrogen-bond acceptors (Lipinski definition) is 3. The Morgan fingerprint density at radius 2 is 2.12 bits per heavy atom. The van der Waals surface area contributed by atoms with Gasteiger partial charge in [-0.05, 0) is 38.1 Å². The SMILES string of the molecule is CNCC(N)c1cc(C)nc2c(C)cccc12. The Balaban J connectivity index is 2.65. The molecule has 1 unspecified atom stereocenters. The normalized spacial score (nSPS) is 12.9. The van der Waals surface area contributed by atoms with E-state index in [-0.39, 0.29) is 6.04 Å². The molecular formula is C14H19N3. The Bertz CT molecular complexity index is 534. The lowest BCUT2D eigenvalue weighted by Crippen LogP contribution is -2.24. The van der Waals surface area contributed by atoms with Crippen LogP contribution in [0.15, 0.2) is 24.3 Å². The fourth-order valence-corrected chi connectivity index (χ4v) is 2.19. The minimum atomic E-state index is 0.00556. The highest BCUT2D eigenvalue weighted by Gasteiger charge is 2.11. The molecular weight excluding hydrogens is 210 g/mol. The molecule has 0 radical (unpaired) electrons. The second kappa shape index (κ2) is 4.82. The summed E-state index contributed by atoms with van der Waals surface area (Å²) in [7, 11) is 1.92. The summed E-state index contributed by atoms with van der Waals surface area (Å²) in [5.74, 6) is 0. The maximum atomic E-state index is 6.20. The van der Waals surface area contributed by atoms with Gasteiger partial charge in [0.1, 0.15) is 0 Å². The van der Waals surface area contributed by atoms with Crippen LogP contribution < -0.4 is 11.1 Å². The lowest BCUT2D eigenvalue weighted by molar-refractivity contribution is 0.656. The van der Waals surface area contributed by atoms with Gasteiger partial charge in [-0.3, -0.25) is 4.98 Å².